The van der Waals surface area contributed by atoms with Gasteiger partial charge in [-0.05, 0) is 0 Å². The number of aldehydes is 1. The molecular formula is C10H5ClN4OS. The number of fused-ring (bicyclic) bond motifs is 1. The summed E-state index contributed by atoms with van der Waals surface area (Å²) in [6.07, 6.45) is 4.15. The molecule has 3 aromatic heterocycles. The molecule has 0 unspecified atom stereocenters. The Balaban J connectivity index is 2.25. The number of rotatable bonds is 2. The maximum Gasteiger partial charge on any atom is 0.168 e. The lowest BCUT2D eigenvalue weighted by Crippen LogP contribution is -1.94. The molecule has 0 saturated heterocycles. The number of halogens is 1. The molecule has 7 heteroatoms. The van der Waals surface area contributed by atoms with Crippen LogP contribution in [-0.2, 0) is 0 Å². The zero-order chi connectivity index (χ0) is 11.8. The third-order valence-corrected chi connectivity index (χ3v) is 3.29. The number of nitrogens with zero attached hydrogens (tertiary/aromatic N) is 4. The van der Waals surface area contributed by atoms with Crippen molar-refractivity contribution in [1.82, 2.24) is 19.6 Å². The summed E-state index contributed by atoms with van der Waals surface area (Å²) in [6.45, 7) is 0. The van der Waals surface area contributed by atoms with Crippen LogP contribution in [0.1, 0.15) is 10.5 Å². The SMILES string of the molecule is O=Cc1cc(Cl)nc(-c2cnn3ccsc23)n1. The first-order chi connectivity index (χ1) is 8.28. The van der Waals surface area contributed by atoms with Gasteiger partial charge in [-0.25, -0.2) is 14.5 Å². The van der Waals surface area contributed by atoms with Crippen LogP contribution in [0.3, 0.4) is 0 Å². The molecule has 0 aliphatic carbocycles. The molecule has 3 heterocycles. The van der Waals surface area contributed by atoms with Gasteiger partial charge in [0, 0.05) is 17.6 Å². The topological polar surface area (TPSA) is 60.2 Å². The average molecular weight is 265 g/mol. The minimum absolute atomic E-state index is 0.244. The van der Waals surface area contributed by atoms with Crippen molar-refractivity contribution >= 4 is 34.1 Å². The van der Waals surface area contributed by atoms with Crippen LogP contribution >= 0.6 is 22.9 Å². The Morgan fingerprint density at radius 3 is 3.12 bits per heavy atom. The zero-order valence-corrected chi connectivity index (χ0v) is 9.94. The molecule has 3 rings (SSSR count). The summed E-state index contributed by atoms with van der Waals surface area (Å²) in [6, 6.07) is 1.42. The molecule has 0 bridgehead atoms. The predicted octanol–water partition coefficient (Wildman–Crippen LogP) is 2.32. The zero-order valence-electron chi connectivity index (χ0n) is 8.37. The molecule has 5 nitrogen and oxygen atoms in total. The van der Waals surface area contributed by atoms with Gasteiger partial charge in [-0.3, -0.25) is 4.79 Å². The fourth-order valence-electron chi connectivity index (χ4n) is 1.50. The highest BCUT2D eigenvalue weighted by Gasteiger charge is 2.12. The van der Waals surface area contributed by atoms with Gasteiger partial charge in [-0.15, -0.1) is 11.3 Å². The summed E-state index contributed by atoms with van der Waals surface area (Å²) in [5, 5.41) is 6.31. The largest absolute Gasteiger partial charge is 0.296 e. The van der Waals surface area contributed by atoms with Gasteiger partial charge in [0.15, 0.2) is 12.1 Å². The molecule has 0 amide bonds. The Kier molecular flexibility index (Phi) is 2.38. The van der Waals surface area contributed by atoms with Crippen LogP contribution in [0.2, 0.25) is 5.15 Å². The number of hydrogen-bond donors (Lipinski definition) is 0. The molecule has 0 aliphatic rings. The first kappa shape index (κ1) is 10.4. The predicted molar refractivity (Wildman–Crippen MR) is 64.5 cm³/mol. The minimum Gasteiger partial charge on any atom is -0.296 e. The Hall–Kier alpha value is -1.79. The van der Waals surface area contributed by atoms with Crippen LogP contribution in [0.5, 0.6) is 0 Å². The maximum atomic E-state index is 10.7. The van der Waals surface area contributed by atoms with E-state index < -0.39 is 0 Å². The van der Waals surface area contributed by atoms with Crippen LogP contribution < -0.4 is 0 Å². The van der Waals surface area contributed by atoms with Crippen molar-refractivity contribution in [3.63, 3.8) is 0 Å². The first-order valence-electron chi connectivity index (χ1n) is 4.69. The summed E-state index contributed by atoms with van der Waals surface area (Å²) in [5.41, 5.74) is 1.03. The normalized spacial score (nSPS) is 10.9. The van der Waals surface area contributed by atoms with Crippen LogP contribution in [0.4, 0.5) is 0 Å². The lowest BCUT2D eigenvalue weighted by molar-refractivity contribution is 0.111. The van der Waals surface area contributed by atoms with Crippen molar-refractivity contribution < 1.29 is 4.79 Å². The number of hydrogen-bond acceptors (Lipinski definition) is 5. The van der Waals surface area contributed by atoms with Gasteiger partial charge in [0.2, 0.25) is 0 Å². The van der Waals surface area contributed by atoms with E-state index in [4.69, 9.17) is 11.6 Å². The molecule has 0 aliphatic heterocycles. The summed E-state index contributed by atoms with van der Waals surface area (Å²) in [7, 11) is 0. The van der Waals surface area contributed by atoms with E-state index in [0.29, 0.717) is 12.1 Å². The summed E-state index contributed by atoms with van der Waals surface area (Å²) >= 11 is 7.36. The number of thiazole rings is 1. The highest BCUT2D eigenvalue weighted by atomic mass is 35.5. The van der Waals surface area contributed by atoms with Crippen molar-refractivity contribution in [3.05, 3.63) is 34.7 Å². The van der Waals surface area contributed by atoms with Gasteiger partial charge in [0.25, 0.3) is 0 Å². The molecular weight excluding hydrogens is 260 g/mol. The van der Waals surface area contributed by atoms with Crippen molar-refractivity contribution in [2.75, 3.05) is 0 Å². The monoisotopic (exact) mass is 264 g/mol. The van der Waals surface area contributed by atoms with Crippen LogP contribution in [0.25, 0.3) is 16.2 Å². The molecule has 0 atom stereocenters. The molecule has 17 heavy (non-hydrogen) atoms. The molecule has 0 radical (unpaired) electrons. The van der Waals surface area contributed by atoms with Crippen LogP contribution in [0, 0.1) is 0 Å². The third kappa shape index (κ3) is 1.71. The Morgan fingerprint density at radius 1 is 1.41 bits per heavy atom. The number of carbonyl (C=O) groups excluding carboxylic acids is 1. The molecule has 0 fully saturated rings. The molecule has 0 spiro atoms. The average Bonchev–Trinajstić information content (AvgIpc) is 2.89. The Labute approximate surface area is 105 Å². The van der Waals surface area contributed by atoms with Gasteiger partial charge in [-0.1, -0.05) is 11.6 Å². The van der Waals surface area contributed by atoms with Gasteiger partial charge < -0.3 is 0 Å². The van der Waals surface area contributed by atoms with Gasteiger partial charge in [0.05, 0.1) is 11.8 Å². The fourth-order valence-corrected chi connectivity index (χ4v) is 2.48. The number of aromatic nitrogens is 4. The second kappa shape index (κ2) is 3.90. The van der Waals surface area contributed by atoms with E-state index in [2.05, 4.69) is 15.1 Å². The molecule has 3 aromatic rings. The summed E-state index contributed by atoms with van der Waals surface area (Å²) < 4.78 is 1.73. The van der Waals surface area contributed by atoms with Gasteiger partial charge >= 0.3 is 0 Å². The van der Waals surface area contributed by atoms with Gasteiger partial charge in [0.1, 0.15) is 15.7 Å². The number of carbonyl (C=O) groups is 1. The van der Waals surface area contributed by atoms with E-state index in [9.17, 15) is 4.79 Å². The molecule has 0 N–H and O–H groups in total. The van der Waals surface area contributed by atoms with Crippen molar-refractivity contribution in [2.45, 2.75) is 0 Å². The minimum atomic E-state index is 0.244. The lowest BCUT2D eigenvalue weighted by atomic mass is 10.3. The Bertz CT molecular complexity index is 705. The van der Waals surface area contributed by atoms with E-state index in [1.165, 1.54) is 17.4 Å². The highest BCUT2D eigenvalue weighted by molar-refractivity contribution is 7.16. The maximum absolute atomic E-state index is 10.7. The van der Waals surface area contributed by atoms with E-state index in [0.717, 1.165) is 10.4 Å². The van der Waals surface area contributed by atoms with Crippen molar-refractivity contribution in [3.8, 4) is 11.4 Å². The van der Waals surface area contributed by atoms with Gasteiger partial charge in [-0.2, -0.15) is 5.10 Å². The van der Waals surface area contributed by atoms with E-state index in [-0.39, 0.29) is 10.8 Å². The second-order valence-corrected chi connectivity index (χ2v) is 4.55. The van der Waals surface area contributed by atoms with E-state index in [1.54, 1.807) is 10.7 Å². The van der Waals surface area contributed by atoms with E-state index in [1.807, 2.05) is 11.6 Å². The van der Waals surface area contributed by atoms with Crippen LogP contribution in [0.15, 0.2) is 23.8 Å². The Morgan fingerprint density at radius 2 is 2.29 bits per heavy atom. The lowest BCUT2D eigenvalue weighted by Gasteiger charge is -1.98. The highest BCUT2D eigenvalue weighted by Crippen LogP contribution is 2.25. The summed E-state index contributed by atoms with van der Waals surface area (Å²) in [5.74, 6) is 0.414. The quantitative estimate of drug-likeness (QED) is 0.526. The third-order valence-electron chi connectivity index (χ3n) is 2.21. The van der Waals surface area contributed by atoms with Crippen molar-refractivity contribution in [2.24, 2.45) is 0 Å². The van der Waals surface area contributed by atoms with Crippen molar-refractivity contribution in [1.29, 1.82) is 0 Å². The second-order valence-electron chi connectivity index (χ2n) is 3.27. The first-order valence-corrected chi connectivity index (χ1v) is 5.94. The molecule has 84 valence electrons. The van der Waals surface area contributed by atoms with E-state index >= 15 is 0 Å². The van der Waals surface area contributed by atoms with Crippen LogP contribution in [-0.4, -0.2) is 25.9 Å². The molecule has 0 aromatic carbocycles. The summed E-state index contributed by atoms with van der Waals surface area (Å²) in [4.78, 5) is 19.9. The smallest absolute Gasteiger partial charge is 0.168 e. The standard InChI is InChI=1S/C10H5ClN4OS/c11-8-3-6(5-16)13-9(14-8)7-4-12-15-1-2-17-10(7)15/h1-5H. The fraction of sp³-hybridized carbons (Fsp3) is 0. The molecule has 0 saturated carbocycles.